The van der Waals surface area contributed by atoms with Gasteiger partial charge in [-0.25, -0.2) is 0 Å². The standard InChI is InChI=1S/C23H30N2O2/c1-5-27-21-8-6-7-18(23(21)26)20-14-19(17-11-9-16(4)10-12-17)24-22(25-20)13-15(2)3/h6-12,15,20,22,25-26H,5,13-14H2,1-4H3/t20-,22+/m1/s1. The molecule has 1 aliphatic heterocycles. The molecule has 0 saturated heterocycles. The smallest absolute Gasteiger partial charge is 0.162 e. The molecule has 4 heteroatoms. The number of aryl methyl sites for hydroxylation is 1. The fourth-order valence-corrected chi connectivity index (χ4v) is 3.56. The van der Waals surface area contributed by atoms with E-state index in [2.05, 4.69) is 50.4 Å². The maximum Gasteiger partial charge on any atom is 0.162 e. The molecule has 0 radical (unpaired) electrons. The quantitative estimate of drug-likeness (QED) is 0.757. The Hall–Kier alpha value is -2.33. The molecule has 1 aliphatic rings. The number of ether oxygens (including phenoxy) is 1. The van der Waals surface area contributed by atoms with Gasteiger partial charge in [0.15, 0.2) is 11.5 Å². The number of aromatic hydroxyl groups is 1. The largest absolute Gasteiger partial charge is 0.504 e. The van der Waals surface area contributed by atoms with Gasteiger partial charge in [0.1, 0.15) is 6.17 Å². The molecule has 144 valence electrons. The first-order valence-electron chi connectivity index (χ1n) is 9.82. The van der Waals surface area contributed by atoms with Crippen molar-refractivity contribution in [3.8, 4) is 11.5 Å². The molecule has 0 saturated carbocycles. The van der Waals surface area contributed by atoms with Crippen LogP contribution in [0.5, 0.6) is 11.5 Å². The van der Waals surface area contributed by atoms with Crippen molar-refractivity contribution in [2.75, 3.05) is 6.61 Å². The maximum atomic E-state index is 10.7. The molecule has 1 heterocycles. The number of hydrogen-bond acceptors (Lipinski definition) is 4. The van der Waals surface area contributed by atoms with Crippen LogP contribution in [0.1, 0.15) is 56.3 Å². The average molecular weight is 367 g/mol. The van der Waals surface area contributed by atoms with Crippen LogP contribution in [0.25, 0.3) is 0 Å². The van der Waals surface area contributed by atoms with E-state index in [1.165, 1.54) is 5.56 Å². The second kappa shape index (κ2) is 8.57. The minimum Gasteiger partial charge on any atom is -0.504 e. The van der Waals surface area contributed by atoms with Gasteiger partial charge in [-0.2, -0.15) is 0 Å². The summed E-state index contributed by atoms with van der Waals surface area (Å²) < 4.78 is 5.58. The summed E-state index contributed by atoms with van der Waals surface area (Å²) in [7, 11) is 0. The molecule has 2 N–H and O–H groups in total. The number of benzene rings is 2. The number of nitrogens with one attached hydrogen (secondary N) is 1. The van der Waals surface area contributed by atoms with Crippen molar-refractivity contribution >= 4 is 5.71 Å². The van der Waals surface area contributed by atoms with Crippen LogP contribution in [0, 0.1) is 12.8 Å². The van der Waals surface area contributed by atoms with E-state index in [0.717, 1.165) is 29.7 Å². The van der Waals surface area contributed by atoms with E-state index >= 15 is 0 Å². The van der Waals surface area contributed by atoms with Crippen molar-refractivity contribution in [2.45, 2.75) is 52.7 Å². The summed E-state index contributed by atoms with van der Waals surface area (Å²) in [5.74, 6) is 1.30. The molecule has 0 spiro atoms. The second-order valence-electron chi connectivity index (χ2n) is 7.64. The van der Waals surface area contributed by atoms with Crippen LogP contribution < -0.4 is 10.1 Å². The van der Waals surface area contributed by atoms with Gasteiger partial charge < -0.3 is 9.84 Å². The number of para-hydroxylation sites is 1. The highest BCUT2D eigenvalue weighted by Crippen LogP contribution is 2.37. The summed E-state index contributed by atoms with van der Waals surface area (Å²) in [6.45, 7) is 8.96. The number of aliphatic imine (C=N–C) groups is 1. The fraction of sp³-hybridized carbons (Fsp3) is 0.435. The summed E-state index contributed by atoms with van der Waals surface area (Å²) in [6.07, 6.45) is 1.73. The third-order valence-electron chi connectivity index (χ3n) is 4.89. The van der Waals surface area contributed by atoms with Gasteiger partial charge in [0.25, 0.3) is 0 Å². The van der Waals surface area contributed by atoms with Gasteiger partial charge in [-0.05, 0) is 37.8 Å². The van der Waals surface area contributed by atoms with E-state index in [9.17, 15) is 5.11 Å². The number of hydrogen-bond donors (Lipinski definition) is 2. The number of rotatable bonds is 6. The predicted molar refractivity (Wildman–Crippen MR) is 111 cm³/mol. The lowest BCUT2D eigenvalue weighted by molar-refractivity contribution is 0.311. The summed E-state index contributed by atoms with van der Waals surface area (Å²) in [6, 6.07) is 14.3. The molecule has 27 heavy (non-hydrogen) atoms. The summed E-state index contributed by atoms with van der Waals surface area (Å²) in [5, 5.41) is 14.3. The van der Waals surface area contributed by atoms with Crippen LogP contribution >= 0.6 is 0 Å². The van der Waals surface area contributed by atoms with Gasteiger partial charge in [-0.3, -0.25) is 10.3 Å². The van der Waals surface area contributed by atoms with E-state index in [4.69, 9.17) is 9.73 Å². The molecule has 0 fully saturated rings. The zero-order valence-electron chi connectivity index (χ0n) is 16.7. The van der Waals surface area contributed by atoms with Crippen molar-refractivity contribution in [1.29, 1.82) is 0 Å². The normalized spacial score (nSPS) is 19.8. The van der Waals surface area contributed by atoms with Gasteiger partial charge in [0, 0.05) is 23.7 Å². The summed E-state index contributed by atoms with van der Waals surface area (Å²) in [5.41, 5.74) is 4.35. The maximum absolute atomic E-state index is 10.7. The second-order valence-corrected chi connectivity index (χ2v) is 7.64. The number of nitrogens with zero attached hydrogens (tertiary/aromatic N) is 1. The molecule has 0 unspecified atom stereocenters. The average Bonchev–Trinajstić information content (AvgIpc) is 2.63. The van der Waals surface area contributed by atoms with Crippen LogP contribution in [0.4, 0.5) is 0 Å². The van der Waals surface area contributed by atoms with E-state index in [1.54, 1.807) is 0 Å². The molecule has 2 aromatic rings. The van der Waals surface area contributed by atoms with Crippen LogP contribution in [-0.4, -0.2) is 23.6 Å². The lowest BCUT2D eigenvalue weighted by Crippen LogP contribution is -2.39. The molecule has 4 nitrogen and oxygen atoms in total. The predicted octanol–water partition coefficient (Wildman–Crippen LogP) is 5.00. The lowest BCUT2D eigenvalue weighted by Gasteiger charge is -2.31. The van der Waals surface area contributed by atoms with Crippen molar-refractivity contribution in [3.63, 3.8) is 0 Å². The van der Waals surface area contributed by atoms with E-state index < -0.39 is 0 Å². The highest BCUT2D eigenvalue weighted by atomic mass is 16.5. The third kappa shape index (κ3) is 4.69. The molecule has 2 atom stereocenters. The molecular weight excluding hydrogens is 336 g/mol. The molecule has 0 bridgehead atoms. The third-order valence-corrected chi connectivity index (χ3v) is 4.89. The van der Waals surface area contributed by atoms with E-state index in [0.29, 0.717) is 18.3 Å². The van der Waals surface area contributed by atoms with Gasteiger partial charge in [0.05, 0.1) is 6.61 Å². The highest BCUT2D eigenvalue weighted by Gasteiger charge is 2.28. The Labute approximate surface area is 162 Å². The van der Waals surface area contributed by atoms with Crippen LogP contribution in [0.2, 0.25) is 0 Å². The minimum absolute atomic E-state index is 0.00274. The minimum atomic E-state index is 0.00274. The van der Waals surface area contributed by atoms with Gasteiger partial charge in [-0.15, -0.1) is 0 Å². The number of phenols is 1. The Morgan fingerprint density at radius 1 is 1.19 bits per heavy atom. The van der Waals surface area contributed by atoms with Crippen LogP contribution in [0.15, 0.2) is 47.5 Å². The SMILES string of the molecule is CCOc1cccc([C@H]2CC(c3ccc(C)cc3)=N[C@H](CC(C)C)N2)c1O. The van der Waals surface area contributed by atoms with Crippen LogP contribution in [0.3, 0.4) is 0 Å². The lowest BCUT2D eigenvalue weighted by atomic mass is 9.93. The first kappa shape index (κ1) is 19.4. The zero-order valence-corrected chi connectivity index (χ0v) is 16.7. The zero-order chi connectivity index (χ0) is 19.4. The summed E-state index contributed by atoms with van der Waals surface area (Å²) in [4.78, 5) is 4.98. The summed E-state index contributed by atoms with van der Waals surface area (Å²) >= 11 is 0. The molecule has 0 aliphatic carbocycles. The molecule has 3 rings (SSSR count). The van der Waals surface area contributed by atoms with E-state index in [1.807, 2.05) is 25.1 Å². The van der Waals surface area contributed by atoms with Crippen LogP contribution in [-0.2, 0) is 0 Å². The topological polar surface area (TPSA) is 53.8 Å². The van der Waals surface area contributed by atoms with Crippen molar-refractivity contribution in [3.05, 3.63) is 59.2 Å². The molecular formula is C23H30N2O2. The highest BCUT2D eigenvalue weighted by molar-refractivity contribution is 6.01. The molecule has 2 aromatic carbocycles. The molecule has 0 aromatic heterocycles. The Bertz CT molecular complexity index is 797. The first-order valence-corrected chi connectivity index (χ1v) is 9.82. The van der Waals surface area contributed by atoms with E-state index in [-0.39, 0.29) is 18.0 Å². The van der Waals surface area contributed by atoms with Crippen molar-refractivity contribution < 1.29 is 9.84 Å². The monoisotopic (exact) mass is 366 g/mol. The Morgan fingerprint density at radius 2 is 1.93 bits per heavy atom. The number of phenolic OH excluding ortho intramolecular Hbond substituents is 1. The van der Waals surface area contributed by atoms with Gasteiger partial charge in [0.2, 0.25) is 0 Å². The Morgan fingerprint density at radius 3 is 2.59 bits per heavy atom. The Balaban J connectivity index is 1.94. The molecule has 0 amide bonds. The van der Waals surface area contributed by atoms with Gasteiger partial charge in [-0.1, -0.05) is 55.8 Å². The fourth-order valence-electron chi connectivity index (χ4n) is 3.56. The van der Waals surface area contributed by atoms with Crippen molar-refractivity contribution in [2.24, 2.45) is 10.9 Å². The van der Waals surface area contributed by atoms with Gasteiger partial charge >= 0.3 is 0 Å². The first-order chi connectivity index (χ1) is 13.0. The Kier molecular flexibility index (Phi) is 6.17. The van der Waals surface area contributed by atoms with Crippen molar-refractivity contribution in [1.82, 2.24) is 5.32 Å².